The van der Waals surface area contributed by atoms with Crippen LogP contribution in [0, 0.1) is 0 Å². The summed E-state index contributed by atoms with van der Waals surface area (Å²) in [7, 11) is 4.29. The molecular formula is C23H27N3O. The lowest BCUT2D eigenvalue weighted by Crippen LogP contribution is -2.56. The SMILES string of the molecule is CN(C)[C@]1(C2=C=C=CC=C2)CC[C@]2(CC1)CN(Cc1ccccc1)C(=O)N2. The van der Waals surface area contributed by atoms with Gasteiger partial charge in [0.25, 0.3) is 0 Å². The summed E-state index contributed by atoms with van der Waals surface area (Å²) in [4.78, 5) is 16.9. The highest BCUT2D eigenvalue weighted by Gasteiger charge is 2.50. The van der Waals surface area contributed by atoms with Crippen LogP contribution in [0.5, 0.6) is 0 Å². The van der Waals surface area contributed by atoms with Crippen LogP contribution in [-0.4, -0.2) is 47.5 Å². The quantitative estimate of drug-likeness (QED) is 0.831. The molecule has 1 aromatic rings. The zero-order valence-electron chi connectivity index (χ0n) is 16.2. The van der Waals surface area contributed by atoms with Gasteiger partial charge in [0.2, 0.25) is 0 Å². The van der Waals surface area contributed by atoms with Crippen LogP contribution in [0.4, 0.5) is 4.79 Å². The molecule has 4 nitrogen and oxygen atoms in total. The molecule has 1 aromatic carbocycles. The number of amides is 2. The number of benzene rings is 1. The zero-order chi connectivity index (χ0) is 18.9. The molecule has 1 heterocycles. The van der Waals surface area contributed by atoms with E-state index in [1.807, 2.05) is 35.3 Å². The van der Waals surface area contributed by atoms with Crippen molar-refractivity contribution in [3.05, 3.63) is 71.2 Å². The third kappa shape index (κ3) is 3.28. The third-order valence-electron chi connectivity index (χ3n) is 6.41. The van der Waals surface area contributed by atoms with E-state index in [4.69, 9.17) is 0 Å². The second-order valence-corrected chi connectivity index (χ2v) is 8.19. The molecule has 4 rings (SSSR count). The minimum atomic E-state index is -0.107. The highest BCUT2D eigenvalue weighted by atomic mass is 16.2. The van der Waals surface area contributed by atoms with Crippen molar-refractivity contribution in [3.63, 3.8) is 0 Å². The molecule has 1 N–H and O–H groups in total. The van der Waals surface area contributed by atoms with E-state index >= 15 is 0 Å². The van der Waals surface area contributed by atoms with Gasteiger partial charge in [0.05, 0.1) is 11.1 Å². The van der Waals surface area contributed by atoms with E-state index in [1.165, 1.54) is 11.1 Å². The molecular weight excluding hydrogens is 334 g/mol. The molecule has 1 spiro atoms. The number of likely N-dealkylation sites (N-methyl/N-ethyl adjacent to an activating group) is 1. The van der Waals surface area contributed by atoms with E-state index in [2.05, 4.69) is 54.0 Å². The van der Waals surface area contributed by atoms with E-state index in [1.54, 1.807) is 0 Å². The third-order valence-corrected chi connectivity index (χ3v) is 6.41. The summed E-state index contributed by atoms with van der Waals surface area (Å²) in [6.07, 6.45) is 10.1. The summed E-state index contributed by atoms with van der Waals surface area (Å²) < 4.78 is 0. The van der Waals surface area contributed by atoms with Gasteiger partial charge in [-0.15, -0.1) is 0 Å². The van der Waals surface area contributed by atoms with Gasteiger partial charge in [-0.1, -0.05) is 47.9 Å². The Hall–Kier alpha value is -2.51. The van der Waals surface area contributed by atoms with Crippen LogP contribution < -0.4 is 5.32 Å². The van der Waals surface area contributed by atoms with Crippen LogP contribution >= 0.6 is 0 Å². The van der Waals surface area contributed by atoms with Crippen molar-refractivity contribution in [1.82, 2.24) is 15.1 Å². The molecule has 2 amide bonds. The fourth-order valence-electron chi connectivity index (χ4n) is 4.72. The van der Waals surface area contributed by atoms with Crippen LogP contribution in [-0.2, 0) is 6.54 Å². The first-order valence-electron chi connectivity index (χ1n) is 9.70. The van der Waals surface area contributed by atoms with Gasteiger partial charge in [-0.25, -0.2) is 4.79 Å². The van der Waals surface area contributed by atoms with Crippen LogP contribution in [0.3, 0.4) is 0 Å². The highest BCUT2D eigenvalue weighted by molar-refractivity contribution is 5.78. The molecule has 3 aliphatic rings. The molecule has 0 aromatic heterocycles. The predicted molar refractivity (Wildman–Crippen MR) is 107 cm³/mol. The summed E-state index contributed by atoms with van der Waals surface area (Å²) in [5.74, 6) is 0. The molecule has 1 aliphatic heterocycles. The topological polar surface area (TPSA) is 35.6 Å². The number of carbonyl (C=O) groups excluding carboxylic acids is 1. The van der Waals surface area contributed by atoms with Crippen molar-refractivity contribution in [3.8, 4) is 0 Å². The van der Waals surface area contributed by atoms with E-state index in [9.17, 15) is 4.79 Å². The Morgan fingerprint density at radius 1 is 1.15 bits per heavy atom. The van der Waals surface area contributed by atoms with Gasteiger partial charge in [0.1, 0.15) is 0 Å². The molecule has 2 aliphatic carbocycles. The molecule has 4 heteroatoms. The number of rotatable bonds is 4. The number of allylic oxidation sites excluding steroid dienone is 2. The summed E-state index contributed by atoms with van der Waals surface area (Å²) in [6, 6.07) is 10.3. The minimum absolute atomic E-state index is 0.0272. The van der Waals surface area contributed by atoms with Crippen LogP contribution in [0.1, 0.15) is 31.2 Å². The summed E-state index contributed by atoms with van der Waals surface area (Å²) in [5.41, 5.74) is 8.68. The van der Waals surface area contributed by atoms with E-state index in [0.29, 0.717) is 6.54 Å². The largest absolute Gasteiger partial charge is 0.331 e. The maximum atomic E-state index is 12.6. The van der Waals surface area contributed by atoms with Crippen molar-refractivity contribution in [1.29, 1.82) is 0 Å². The summed E-state index contributed by atoms with van der Waals surface area (Å²) in [6.45, 7) is 1.46. The van der Waals surface area contributed by atoms with Gasteiger partial charge in [0, 0.05) is 18.7 Å². The standard InChI is InChI=1S/C23H27N3O/c1-25(2)23(20-11-7-4-8-12-20)15-13-22(14-16-23)18-26(21(27)24-22)17-19-9-5-3-6-10-19/h3-7,9-11H,13-18H2,1-2H3,(H,24,27)/t22-,23+. The monoisotopic (exact) mass is 361 g/mol. The highest BCUT2D eigenvalue weighted by Crippen LogP contribution is 2.44. The first-order valence-corrected chi connectivity index (χ1v) is 9.70. The average molecular weight is 361 g/mol. The number of carbonyl (C=O) groups is 1. The van der Waals surface area contributed by atoms with E-state index in [0.717, 1.165) is 32.2 Å². The van der Waals surface area contributed by atoms with Crippen LogP contribution in [0.2, 0.25) is 0 Å². The number of hydrogen-bond donors (Lipinski definition) is 1. The van der Waals surface area contributed by atoms with Gasteiger partial charge in [0.15, 0.2) is 0 Å². The number of hydrogen-bond acceptors (Lipinski definition) is 2. The first kappa shape index (κ1) is 17.9. The fraction of sp³-hybridized carbons (Fsp3) is 0.435. The lowest BCUT2D eigenvalue weighted by atomic mass is 9.68. The van der Waals surface area contributed by atoms with Gasteiger partial charge >= 0.3 is 6.03 Å². The molecule has 0 unspecified atom stereocenters. The lowest BCUT2D eigenvalue weighted by Gasteiger charge is -2.48. The Balaban J connectivity index is 1.50. The number of nitrogens with zero attached hydrogens (tertiary/aromatic N) is 2. The van der Waals surface area contributed by atoms with Gasteiger partial charge < -0.3 is 10.2 Å². The first-order chi connectivity index (χ1) is 13.0. The fourth-order valence-corrected chi connectivity index (χ4v) is 4.72. The van der Waals surface area contributed by atoms with Gasteiger partial charge in [-0.05, 0) is 57.5 Å². The summed E-state index contributed by atoms with van der Waals surface area (Å²) >= 11 is 0. The van der Waals surface area contributed by atoms with Crippen molar-refractivity contribution < 1.29 is 4.79 Å². The normalized spacial score (nSPS) is 29.5. The molecule has 140 valence electrons. The van der Waals surface area contributed by atoms with E-state index < -0.39 is 0 Å². The Morgan fingerprint density at radius 3 is 2.52 bits per heavy atom. The molecule has 1 saturated heterocycles. The molecule has 2 fully saturated rings. The van der Waals surface area contributed by atoms with E-state index in [-0.39, 0.29) is 17.1 Å². The van der Waals surface area contributed by atoms with Crippen molar-refractivity contribution >= 4 is 6.03 Å². The van der Waals surface area contributed by atoms with Crippen molar-refractivity contribution in [2.75, 3.05) is 20.6 Å². The molecule has 1 saturated carbocycles. The maximum absolute atomic E-state index is 12.6. The average Bonchev–Trinajstić information content (AvgIpc) is 2.99. The minimum Gasteiger partial charge on any atom is -0.331 e. The number of urea groups is 1. The van der Waals surface area contributed by atoms with Crippen molar-refractivity contribution in [2.24, 2.45) is 0 Å². The summed E-state index contributed by atoms with van der Waals surface area (Å²) in [5, 5.41) is 3.32. The molecule has 0 bridgehead atoms. The maximum Gasteiger partial charge on any atom is 0.318 e. The van der Waals surface area contributed by atoms with Gasteiger partial charge in [-0.2, -0.15) is 0 Å². The molecule has 0 radical (unpaired) electrons. The second-order valence-electron chi connectivity index (χ2n) is 8.19. The Morgan fingerprint density at radius 2 is 1.89 bits per heavy atom. The molecule has 27 heavy (non-hydrogen) atoms. The lowest BCUT2D eigenvalue weighted by molar-refractivity contribution is 0.0968. The van der Waals surface area contributed by atoms with Crippen LogP contribution in [0.25, 0.3) is 0 Å². The zero-order valence-corrected chi connectivity index (χ0v) is 16.2. The Kier molecular flexibility index (Phi) is 4.57. The Bertz CT molecular complexity index is 847. The number of nitrogens with one attached hydrogen (secondary N) is 1. The van der Waals surface area contributed by atoms with Crippen molar-refractivity contribution in [2.45, 2.75) is 43.3 Å². The van der Waals surface area contributed by atoms with Gasteiger partial charge in [-0.3, -0.25) is 4.90 Å². The smallest absolute Gasteiger partial charge is 0.318 e. The van der Waals surface area contributed by atoms with Crippen LogP contribution in [0.15, 0.2) is 65.6 Å². The second kappa shape index (κ2) is 6.90. The molecule has 0 atom stereocenters. The Labute approximate surface area is 161 Å². The predicted octanol–water partition coefficient (Wildman–Crippen LogP) is 3.63.